The van der Waals surface area contributed by atoms with Crippen LogP contribution < -0.4 is 4.72 Å². The number of hydrogen-bond donors (Lipinski definition) is 1. The normalized spacial score (nSPS) is 10.6. The van der Waals surface area contributed by atoms with E-state index in [1.807, 2.05) is 0 Å². The number of nitrogens with zero attached hydrogens (tertiary/aromatic N) is 1. The Balaban J connectivity index is 0.00000242. The Bertz CT molecular complexity index is 794. The molecule has 2 aromatic rings. The molecule has 0 saturated heterocycles. The predicted molar refractivity (Wildman–Crippen MR) is 80.8 cm³/mol. The van der Waals surface area contributed by atoms with Crippen molar-refractivity contribution in [3.05, 3.63) is 64.0 Å². The number of nitro groups is 1. The molecule has 22 heavy (non-hydrogen) atoms. The minimum absolute atomic E-state index is 0. The van der Waals surface area contributed by atoms with Crippen LogP contribution in [0.4, 0.5) is 15.8 Å². The summed E-state index contributed by atoms with van der Waals surface area (Å²) in [6, 6.07) is 8.59. The van der Waals surface area contributed by atoms with Gasteiger partial charge in [0.15, 0.2) is 0 Å². The first-order chi connectivity index (χ1) is 9.79. The Morgan fingerprint density at radius 3 is 2.27 bits per heavy atom. The van der Waals surface area contributed by atoms with Crippen LogP contribution in [0.25, 0.3) is 0 Å². The second-order valence-electron chi connectivity index (χ2n) is 4.34. The van der Waals surface area contributed by atoms with E-state index in [-0.39, 0.29) is 40.1 Å². The Labute approximate surface area is 148 Å². The maximum atomic E-state index is 13.0. The van der Waals surface area contributed by atoms with Crippen molar-refractivity contribution in [2.45, 2.75) is 11.8 Å². The number of anilines is 1. The van der Waals surface area contributed by atoms with Crippen LogP contribution in [-0.2, 0) is 10.0 Å². The quantitative estimate of drug-likeness (QED) is 0.529. The Hall–Kier alpha value is -1.48. The Morgan fingerprint density at radius 1 is 1.14 bits per heavy atom. The van der Waals surface area contributed by atoms with Crippen LogP contribution in [0.1, 0.15) is 5.56 Å². The number of sulfonamides is 1. The third kappa shape index (κ3) is 4.26. The molecule has 2 rings (SSSR count). The SMILES string of the molecule is Cc1ccc(S(=O)(=O)Nc2ccc(F)cc2[N+](=O)[O-])cc1.[Na]. The van der Waals surface area contributed by atoms with Gasteiger partial charge in [0.1, 0.15) is 11.5 Å². The van der Waals surface area contributed by atoms with E-state index in [0.717, 1.165) is 17.7 Å². The zero-order chi connectivity index (χ0) is 15.6. The molecule has 0 aromatic heterocycles. The Kier molecular flexibility index (Phi) is 6.07. The van der Waals surface area contributed by atoms with Crippen molar-refractivity contribution in [3.8, 4) is 0 Å². The van der Waals surface area contributed by atoms with Crippen LogP contribution in [-0.4, -0.2) is 42.9 Å². The van der Waals surface area contributed by atoms with E-state index in [1.54, 1.807) is 19.1 Å². The summed E-state index contributed by atoms with van der Waals surface area (Å²) in [6.45, 7) is 1.80. The van der Waals surface area contributed by atoms with Crippen molar-refractivity contribution >= 4 is 51.0 Å². The van der Waals surface area contributed by atoms with Gasteiger partial charge in [-0.25, -0.2) is 12.8 Å². The van der Waals surface area contributed by atoms with Gasteiger partial charge in [-0.3, -0.25) is 14.8 Å². The molecule has 0 fully saturated rings. The van der Waals surface area contributed by atoms with E-state index in [9.17, 15) is 22.9 Å². The number of halogens is 1. The molecule has 0 aliphatic rings. The monoisotopic (exact) mass is 333 g/mol. The fraction of sp³-hybridized carbons (Fsp3) is 0.0769. The average Bonchev–Trinajstić information content (AvgIpc) is 2.41. The molecular formula is C13H11FN2NaO4S. The fourth-order valence-electron chi connectivity index (χ4n) is 1.66. The minimum Gasteiger partial charge on any atom is -0.273 e. The van der Waals surface area contributed by atoms with Gasteiger partial charge in [-0.2, -0.15) is 0 Å². The molecule has 0 aliphatic carbocycles. The largest absolute Gasteiger partial charge is 0.296 e. The number of nitrogens with one attached hydrogen (secondary N) is 1. The van der Waals surface area contributed by atoms with Crippen LogP contribution in [0.3, 0.4) is 0 Å². The van der Waals surface area contributed by atoms with Crippen molar-refractivity contribution in [2.75, 3.05) is 4.72 Å². The zero-order valence-electron chi connectivity index (χ0n) is 11.9. The fourth-order valence-corrected chi connectivity index (χ4v) is 2.74. The summed E-state index contributed by atoms with van der Waals surface area (Å²) >= 11 is 0. The Morgan fingerprint density at radius 2 is 1.73 bits per heavy atom. The van der Waals surface area contributed by atoms with Crippen LogP contribution in [0.5, 0.6) is 0 Å². The topological polar surface area (TPSA) is 89.3 Å². The van der Waals surface area contributed by atoms with Gasteiger partial charge in [0.2, 0.25) is 0 Å². The van der Waals surface area contributed by atoms with Gasteiger partial charge >= 0.3 is 0 Å². The van der Waals surface area contributed by atoms with Crippen LogP contribution in [0, 0.1) is 22.9 Å². The summed E-state index contributed by atoms with van der Waals surface area (Å²) in [7, 11) is -3.98. The van der Waals surface area contributed by atoms with Crippen molar-refractivity contribution in [1.29, 1.82) is 0 Å². The number of rotatable bonds is 4. The van der Waals surface area contributed by atoms with Crippen molar-refractivity contribution in [2.24, 2.45) is 0 Å². The molecule has 0 spiro atoms. The number of nitro benzene ring substituents is 1. The molecule has 0 unspecified atom stereocenters. The van der Waals surface area contributed by atoms with Crippen molar-refractivity contribution < 1.29 is 17.7 Å². The van der Waals surface area contributed by atoms with E-state index in [1.165, 1.54) is 12.1 Å². The summed E-state index contributed by atoms with van der Waals surface area (Å²) in [4.78, 5) is 9.96. The standard InChI is InChI=1S/C13H11FN2O4S.Na/c1-9-2-5-11(6-3-9)21(19,20)15-12-7-4-10(14)8-13(12)16(17)18;/h2-8,15H,1H3;. The molecule has 1 radical (unpaired) electrons. The first-order valence-electron chi connectivity index (χ1n) is 5.83. The molecule has 0 amide bonds. The summed E-state index contributed by atoms with van der Waals surface area (Å²) in [5, 5.41) is 10.8. The van der Waals surface area contributed by atoms with Crippen LogP contribution in [0.15, 0.2) is 47.4 Å². The minimum atomic E-state index is -3.98. The van der Waals surface area contributed by atoms with Crippen LogP contribution >= 0.6 is 0 Å². The van der Waals surface area contributed by atoms with Gasteiger partial charge in [0, 0.05) is 29.6 Å². The summed E-state index contributed by atoms with van der Waals surface area (Å²) < 4.78 is 39.4. The third-order valence-electron chi connectivity index (χ3n) is 2.73. The number of hydrogen-bond acceptors (Lipinski definition) is 4. The summed E-state index contributed by atoms with van der Waals surface area (Å²) in [5.41, 5.74) is -0.0608. The second-order valence-corrected chi connectivity index (χ2v) is 6.02. The van der Waals surface area contributed by atoms with Gasteiger partial charge in [-0.15, -0.1) is 0 Å². The predicted octanol–water partition coefficient (Wildman–Crippen LogP) is 2.46. The first kappa shape index (κ1) is 18.6. The maximum Gasteiger partial charge on any atom is 0.296 e. The number of benzene rings is 2. The molecule has 1 N–H and O–H groups in total. The molecular weight excluding hydrogens is 322 g/mol. The third-order valence-corrected chi connectivity index (χ3v) is 4.11. The van der Waals surface area contributed by atoms with Gasteiger partial charge < -0.3 is 0 Å². The van der Waals surface area contributed by atoms with E-state index in [2.05, 4.69) is 4.72 Å². The molecule has 9 heteroatoms. The smallest absolute Gasteiger partial charge is 0.273 e. The molecule has 0 bridgehead atoms. The van der Waals surface area contributed by atoms with Crippen molar-refractivity contribution in [3.63, 3.8) is 0 Å². The second kappa shape index (κ2) is 7.19. The zero-order valence-corrected chi connectivity index (χ0v) is 14.7. The van der Waals surface area contributed by atoms with Gasteiger partial charge in [-0.1, -0.05) is 17.7 Å². The van der Waals surface area contributed by atoms with Gasteiger partial charge in [-0.05, 0) is 31.2 Å². The molecule has 0 heterocycles. The van der Waals surface area contributed by atoms with Crippen LogP contribution in [0.2, 0.25) is 0 Å². The molecule has 2 aromatic carbocycles. The molecule has 0 saturated carbocycles. The van der Waals surface area contributed by atoms with Crippen molar-refractivity contribution in [1.82, 2.24) is 0 Å². The number of aryl methyl sites for hydroxylation is 1. The first-order valence-corrected chi connectivity index (χ1v) is 7.31. The van der Waals surface area contributed by atoms with Gasteiger partial charge in [0.05, 0.1) is 15.9 Å². The average molecular weight is 333 g/mol. The molecule has 0 atom stereocenters. The van der Waals surface area contributed by atoms with E-state index in [4.69, 9.17) is 0 Å². The van der Waals surface area contributed by atoms with E-state index < -0.39 is 26.5 Å². The molecule has 111 valence electrons. The van der Waals surface area contributed by atoms with E-state index in [0.29, 0.717) is 6.07 Å². The molecule has 6 nitrogen and oxygen atoms in total. The summed E-state index contributed by atoms with van der Waals surface area (Å²) in [6.07, 6.45) is 0. The summed E-state index contributed by atoms with van der Waals surface area (Å²) in [5.74, 6) is -0.819. The van der Waals surface area contributed by atoms with Gasteiger partial charge in [0.25, 0.3) is 15.7 Å². The van der Waals surface area contributed by atoms with E-state index >= 15 is 0 Å². The molecule has 0 aliphatic heterocycles. The maximum absolute atomic E-state index is 13.0.